The van der Waals surface area contributed by atoms with Crippen molar-refractivity contribution in [1.82, 2.24) is 0 Å². The fourth-order valence-corrected chi connectivity index (χ4v) is 2.34. The lowest BCUT2D eigenvalue weighted by atomic mass is 9.85. The molecule has 0 aliphatic carbocycles. The van der Waals surface area contributed by atoms with E-state index in [1.54, 1.807) is 20.8 Å². The SMILES string of the molecule is CCOC(=O)CC(C)(C)C(=O)CBr.CCOC(=O)CCCBr. The van der Waals surface area contributed by atoms with Crippen LogP contribution in [0.25, 0.3) is 0 Å². The summed E-state index contributed by atoms with van der Waals surface area (Å²) in [6.45, 7) is 7.89. The van der Waals surface area contributed by atoms with E-state index in [-0.39, 0.29) is 29.5 Å². The first-order valence-electron chi connectivity index (χ1n) is 7.21. The van der Waals surface area contributed by atoms with Gasteiger partial charge in [-0.2, -0.15) is 0 Å². The molecule has 0 aliphatic heterocycles. The van der Waals surface area contributed by atoms with Crippen LogP contribution < -0.4 is 0 Å². The predicted octanol–water partition coefficient (Wildman–Crippen LogP) is 3.65. The molecule has 0 N–H and O–H groups in total. The van der Waals surface area contributed by atoms with Gasteiger partial charge in [0.05, 0.1) is 25.0 Å². The summed E-state index contributed by atoms with van der Waals surface area (Å²) in [5.41, 5.74) is -0.629. The highest BCUT2D eigenvalue weighted by atomic mass is 79.9. The number of rotatable bonds is 9. The van der Waals surface area contributed by atoms with Gasteiger partial charge in [-0.3, -0.25) is 14.4 Å². The molecular formula is C15H26Br2O5. The molecule has 0 spiro atoms. The van der Waals surface area contributed by atoms with Crippen molar-refractivity contribution in [2.24, 2.45) is 5.41 Å². The van der Waals surface area contributed by atoms with Gasteiger partial charge < -0.3 is 9.47 Å². The summed E-state index contributed by atoms with van der Waals surface area (Å²) >= 11 is 6.30. The molecule has 0 aromatic heterocycles. The molecule has 7 heteroatoms. The maximum Gasteiger partial charge on any atom is 0.306 e. The molecule has 0 bridgehead atoms. The number of esters is 2. The van der Waals surface area contributed by atoms with Gasteiger partial charge in [0.15, 0.2) is 0 Å². The van der Waals surface area contributed by atoms with Crippen LogP contribution in [0.15, 0.2) is 0 Å². The van der Waals surface area contributed by atoms with Gasteiger partial charge in [-0.05, 0) is 20.3 Å². The number of Topliss-reactive ketones (excluding diaryl/α,β-unsaturated/α-hetero) is 1. The number of carbonyl (C=O) groups excluding carboxylic acids is 3. The summed E-state index contributed by atoms with van der Waals surface area (Å²) in [4.78, 5) is 33.0. The molecule has 0 saturated carbocycles. The molecule has 0 unspecified atom stereocenters. The highest BCUT2D eigenvalue weighted by Crippen LogP contribution is 2.23. The molecule has 0 fully saturated rings. The van der Waals surface area contributed by atoms with E-state index in [0.29, 0.717) is 19.6 Å². The highest BCUT2D eigenvalue weighted by Gasteiger charge is 2.29. The minimum atomic E-state index is -0.629. The topological polar surface area (TPSA) is 69.7 Å². The zero-order chi connectivity index (χ0) is 17.6. The van der Waals surface area contributed by atoms with Crippen molar-refractivity contribution in [2.75, 3.05) is 23.9 Å². The second-order valence-corrected chi connectivity index (χ2v) is 6.37. The smallest absolute Gasteiger partial charge is 0.306 e. The number of hydrogen-bond donors (Lipinski definition) is 0. The third-order valence-corrected chi connectivity index (χ3v) is 3.66. The summed E-state index contributed by atoms with van der Waals surface area (Å²) in [7, 11) is 0. The number of hydrogen-bond acceptors (Lipinski definition) is 5. The van der Waals surface area contributed by atoms with Crippen molar-refractivity contribution in [3.05, 3.63) is 0 Å². The second kappa shape index (κ2) is 14.2. The Balaban J connectivity index is 0. The lowest BCUT2D eigenvalue weighted by Crippen LogP contribution is -2.29. The van der Waals surface area contributed by atoms with Gasteiger partial charge in [0.2, 0.25) is 0 Å². The van der Waals surface area contributed by atoms with Crippen molar-refractivity contribution in [3.63, 3.8) is 0 Å². The Morgan fingerprint density at radius 1 is 0.955 bits per heavy atom. The number of halogens is 2. The average molecular weight is 446 g/mol. The molecule has 0 rings (SSSR count). The first-order valence-corrected chi connectivity index (χ1v) is 9.45. The molecule has 0 atom stereocenters. The van der Waals surface area contributed by atoms with Gasteiger partial charge in [-0.15, -0.1) is 0 Å². The van der Waals surface area contributed by atoms with Gasteiger partial charge in [-0.25, -0.2) is 0 Å². The minimum absolute atomic E-state index is 0.0144. The normalized spacial score (nSPS) is 10.3. The maximum absolute atomic E-state index is 11.3. The predicted molar refractivity (Wildman–Crippen MR) is 93.5 cm³/mol. The van der Waals surface area contributed by atoms with Crippen LogP contribution >= 0.6 is 31.9 Å². The molecule has 0 heterocycles. The largest absolute Gasteiger partial charge is 0.466 e. The Kier molecular flexibility index (Phi) is 15.4. The summed E-state index contributed by atoms with van der Waals surface area (Å²) < 4.78 is 9.45. The van der Waals surface area contributed by atoms with E-state index in [9.17, 15) is 14.4 Å². The van der Waals surface area contributed by atoms with Crippen molar-refractivity contribution in [1.29, 1.82) is 0 Å². The van der Waals surface area contributed by atoms with E-state index in [1.165, 1.54) is 0 Å². The molecule has 5 nitrogen and oxygen atoms in total. The Labute approximate surface area is 149 Å². The number of carbonyl (C=O) groups is 3. The monoisotopic (exact) mass is 444 g/mol. The zero-order valence-corrected chi connectivity index (χ0v) is 16.9. The molecule has 22 heavy (non-hydrogen) atoms. The highest BCUT2D eigenvalue weighted by molar-refractivity contribution is 9.09. The van der Waals surface area contributed by atoms with Crippen LogP contribution in [0.2, 0.25) is 0 Å². The third-order valence-electron chi connectivity index (χ3n) is 2.59. The van der Waals surface area contributed by atoms with E-state index >= 15 is 0 Å². The zero-order valence-electron chi connectivity index (χ0n) is 13.7. The van der Waals surface area contributed by atoms with Crippen molar-refractivity contribution in [2.45, 2.75) is 47.0 Å². The van der Waals surface area contributed by atoms with Crippen LogP contribution in [-0.4, -0.2) is 41.6 Å². The van der Waals surface area contributed by atoms with Crippen LogP contribution in [0.5, 0.6) is 0 Å². The number of ether oxygens (including phenoxy) is 2. The van der Waals surface area contributed by atoms with Crippen LogP contribution in [0.4, 0.5) is 0 Å². The van der Waals surface area contributed by atoms with E-state index < -0.39 is 5.41 Å². The van der Waals surface area contributed by atoms with Gasteiger partial charge >= 0.3 is 11.9 Å². The lowest BCUT2D eigenvalue weighted by Gasteiger charge is -2.20. The van der Waals surface area contributed by atoms with Crippen LogP contribution in [0.1, 0.15) is 47.0 Å². The summed E-state index contributed by atoms with van der Waals surface area (Å²) in [5.74, 6) is -0.403. The summed E-state index contributed by atoms with van der Waals surface area (Å²) in [6.07, 6.45) is 1.53. The maximum atomic E-state index is 11.3. The molecule has 0 saturated heterocycles. The first-order chi connectivity index (χ1) is 10.2. The molecule has 130 valence electrons. The summed E-state index contributed by atoms with van der Waals surface area (Å²) in [5, 5.41) is 1.14. The van der Waals surface area contributed by atoms with E-state index in [0.717, 1.165) is 11.8 Å². The standard InChI is InChI=1S/C9H15BrO3.C6H11BrO2/c1-4-13-8(12)5-9(2,3)7(11)6-10;1-2-9-6(8)4-3-5-7/h4-6H2,1-3H3;2-5H2,1H3. The first kappa shape index (κ1) is 23.8. The quantitative estimate of drug-likeness (QED) is 0.400. The fraction of sp³-hybridized carbons (Fsp3) is 0.800. The van der Waals surface area contributed by atoms with Crippen LogP contribution in [0.3, 0.4) is 0 Å². The van der Waals surface area contributed by atoms with Gasteiger partial charge in [0.1, 0.15) is 5.78 Å². The fourth-order valence-electron chi connectivity index (χ4n) is 1.30. The average Bonchev–Trinajstić information content (AvgIpc) is 2.44. The molecule has 0 aliphatic rings. The lowest BCUT2D eigenvalue weighted by molar-refractivity contribution is -0.148. The number of ketones is 1. The molecule has 0 amide bonds. The van der Waals surface area contributed by atoms with E-state index in [1.807, 2.05) is 6.92 Å². The Morgan fingerprint density at radius 2 is 1.45 bits per heavy atom. The van der Waals surface area contributed by atoms with Gasteiger partial charge in [0.25, 0.3) is 0 Å². The van der Waals surface area contributed by atoms with Gasteiger partial charge in [0, 0.05) is 17.2 Å². The van der Waals surface area contributed by atoms with Crippen molar-refractivity contribution < 1.29 is 23.9 Å². The Hall–Kier alpha value is -0.430. The van der Waals surface area contributed by atoms with E-state index in [4.69, 9.17) is 4.74 Å². The van der Waals surface area contributed by atoms with Crippen molar-refractivity contribution in [3.8, 4) is 0 Å². The van der Waals surface area contributed by atoms with Crippen LogP contribution in [-0.2, 0) is 23.9 Å². The summed E-state index contributed by atoms with van der Waals surface area (Å²) in [6, 6.07) is 0. The molecular weight excluding hydrogens is 420 g/mol. The Bertz CT molecular complexity index is 343. The molecule has 0 aromatic rings. The Morgan fingerprint density at radius 3 is 1.86 bits per heavy atom. The van der Waals surface area contributed by atoms with Crippen molar-refractivity contribution >= 4 is 49.6 Å². The second-order valence-electron chi connectivity index (χ2n) is 5.02. The van der Waals surface area contributed by atoms with Gasteiger partial charge in [-0.1, -0.05) is 45.7 Å². The molecule has 0 aromatic carbocycles. The van der Waals surface area contributed by atoms with Crippen LogP contribution in [0, 0.1) is 5.41 Å². The number of alkyl halides is 2. The third kappa shape index (κ3) is 13.2. The van der Waals surface area contributed by atoms with E-state index in [2.05, 4.69) is 36.6 Å². The minimum Gasteiger partial charge on any atom is -0.466 e. The molecule has 0 radical (unpaired) electrons.